The summed E-state index contributed by atoms with van der Waals surface area (Å²) in [6.07, 6.45) is 0. The van der Waals surface area contributed by atoms with E-state index in [9.17, 15) is 0 Å². The maximum atomic E-state index is 6.73. The smallest absolute Gasteiger partial charge is 0.143 e. The number of nitrogens with zero attached hydrogens (tertiary/aromatic N) is 4. The zero-order chi connectivity index (χ0) is 58.1. The van der Waals surface area contributed by atoms with E-state index in [2.05, 4.69) is 332 Å². The van der Waals surface area contributed by atoms with Crippen molar-refractivity contribution < 1.29 is 4.42 Å². The summed E-state index contributed by atoms with van der Waals surface area (Å²) in [7, 11) is 6.43. The number of para-hydroxylation sites is 4. The van der Waals surface area contributed by atoms with Crippen LogP contribution in [0.2, 0.25) is 0 Å². The highest BCUT2D eigenvalue weighted by Crippen LogP contribution is 2.46. The van der Waals surface area contributed by atoms with Gasteiger partial charge in [-0.25, -0.2) is 0 Å². The topological polar surface area (TPSA) is 27.8 Å². The van der Waals surface area contributed by atoms with Gasteiger partial charge in [0.25, 0.3) is 0 Å². The summed E-state index contributed by atoms with van der Waals surface area (Å²) < 4.78 is 11.8. The van der Waals surface area contributed by atoms with E-state index in [1.165, 1.54) is 69.8 Å². The van der Waals surface area contributed by atoms with E-state index in [0.717, 1.165) is 89.6 Å². The van der Waals surface area contributed by atoms with E-state index < -0.39 is 0 Å². The molecular formula is C81H58N4OS. The van der Waals surface area contributed by atoms with Gasteiger partial charge in [0, 0.05) is 114 Å². The molecule has 0 N–H and O–H groups in total. The second kappa shape index (κ2) is 21.3. The molecule has 16 aromatic rings. The van der Waals surface area contributed by atoms with Crippen LogP contribution in [0.4, 0.5) is 34.1 Å². The Balaban J connectivity index is 0.704. The fourth-order valence-electron chi connectivity index (χ4n) is 13.0. The van der Waals surface area contributed by atoms with Crippen molar-refractivity contribution in [3.8, 4) is 61.3 Å². The Morgan fingerprint density at radius 1 is 0.310 bits per heavy atom. The predicted molar refractivity (Wildman–Crippen MR) is 372 cm³/mol. The summed E-state index contributed by atoms with van der Waals surface area (Å²) in [4.78, 5) is 6.77. The molecule has 0 radical (unpaired) electrons. The molecule has 0 aliphatic carbocycles. The first-order valence-corrected chi connectivity index (χ1v) is 30.5. The van der Waals surface area contributed by atoms with Crippen LogP contribution in [0.25, 0.3) is 125 Å². The maximum Gasteiger partial charge on any atom is 0.143 e. The molecule has 0 bridgehead atoms. The van der Waals surface area contributed by atoms with Gasteiger partial charge in [-0.1, -0.05) is 182 Å². The number of hydrogen-bond donors (Lipinski definition) is 0. The molecule has 6 heteroatoms. The van der Waals surface area contributed by atoms with E-state index in [1.807, 2.05) is 17.4 Å². The van der Waals surface area contributed by atoms with Crippen molar-refractivity contribution in [3.63, 3.8) is 0 Å². The number of benzene rings is 13. The Hall–Kier alpha value is -10.9. The van der Waals surface area contributed by atoms with E-state index >= 15 is 0 Å². The summed E-state index contributed by atoms with van der Waals surface area (Å²) in [5.41, 5.74) is 23.6. The first-order chi connectivity index (χ1) is 42.9. The van der Waals surface area contributed by atoms with Gasteiger partial charge in [-0.3, -0.25) is 0 Å². The zero-order valence-electron chi connectivity index (χ0n) is 48.4. The summed E-state index contributed by atoms with van der Waals surface area (Å²) in [6.45, 7) is 0. The summed E-state index contributed by atoms with van der Waals surface area (Å²) in [6, 6.07) is 108. The minimum atomic E-state index is 0.877. The Bertz CT molecular complexity index is 5240. The average molecular weight is 1140 g/mol. The van der Waals surface area contributed by atoms with Gasteiger partial charge in [0.2, 0.25) is 0 Å². The van der Waals surface area contributed by atoms with E-state index in [0.29, 0.717) is 0 Å². The Kier molecular flexibility index (Phi) is 12.7. The normalized spacial score (nSPS) is 11.6. The van der Waals surface area contributed by atoms with Crippen molar-refractivity contribution in [3.05, 3.63) is 297 Å². The van der Waals surface area contributed by atoms with Crippen LogP contribution in [0.15, 0.2) is 302 Å². The largest absolute Gasteiger partial charge is 0.455 e. The average Bonchev–Trinajstić information content (AvgIpc) is 1.76. The molecule has 3 aromatic heterocycles. The fraction of sp³-hybridized carbons (Fsp3) is 0.0370. The molecule has 0 aliphatic heterocycles. The summed E-state index contributed by atoms with van der Waals surface area (Å²) >= 11 is 1.87. The number of hydrogen-bond acceptors (Lipinski definition) is 5. The second-order valence-electron chi connectivity index (χ2n) is 22.6. The van der Waals surface area contributed by atoms with Crippen LogP contribution in [-0.2, 0) is 0 Å². The highest BCUT2D eigenvalue weighted by molar-refractivity contribution is 7.26. The zero-order valence-corrected chi connectivity index (χ0v) is 49.2. The number of aromatic nitrogens is 1. The first-order valence-electron chi connectivity index (χ1n) is 29.6. The molecule has 0 aliphatic rings. The van der Waals surface area contributed by atoms with Gasteiger partial charge in [0.1, 0.15) is 11.2 Å². The van der Waals surface area contributed by atoms with E-state index in [-0.39, 0.29) is 0 Å². The molecule has 0 spiro atoms. The molecule has 0 unspecified atom stereocenters. The van der Waals surface area contributed by atoms with Gasteiger partial charge in [0.15, 0.2) is 0 Å². The van der Waals surface area contributed by atoms with Crippen molar-refractivity contribution in [1.82, 2.24) is 4.57 Å². The lowest BCUT2D eigenvalue weighted by Gasteiger charge is -2.21. The fourth-order valence-corrected chi connectivity index (χ4v) is 14.3. The molecule has 5 nitrogen and oxygen atoms in total. The van der Waals surface area contributed by atoms with Crippen molar-refractivity contribution >= 4 is 109 Å². The highest BCUT2D eigenvalue weighted by Gasteiger charge is 2.22. The highest BCUT2D eigenvalue weighted by atomic mass is 32.1. The van der Waals surface area contributed by atoms with Crippen LogP contribution in [-0.4, -0.2) is 25.7 Å². The van der Waals surface area contributed by atoms with Crippen LogP contribution >= 0.6 is 11.3 Å². The molecule has 0 fully saturated rings. The lowest BCUT2D eigenvalue weighted by atomic mass is 9.94. The van der Waals surface area contributed by atoms with Gasteiger partial charge in [0.05, 0.1) is 11.0 Å². The van der Waals surface area contributed by atoms with Gasteiger partial charge >= 0.3 is 0 Å². The molecule has 13 aromatic carbocycles. The lowest BCUT2D eigenvalue weighted by Crippen LogP contribution is -2.09. The maximum absolute atomic E-state index is 6.73. The van der Waals surface area contributed by atoms with Crippen LogP contribution in [0.1, 0.15) is 0 Å². The molecule has 3 heterocycles. The first kappa shape index (κ1) is 51.7. The van der Waals surface area contributed by atoms with Crippen LogP contribution < -0.4 is 14.7 Å². The standard InChI is InChI=1S/C81H58N4OS/c1-82(59-19-6-4-7-20-59)60-42-34-54(35-43-60)67-49-48-66(78-72-26-10-13-29-75(72)85(79(67)78)64-21-8-5-9-22-64)53-32-40-61(41-33-53)83(2)62-46-38-56(39-47-62)73-51-58(52-74-69-24-11-14-30-76(69)86-80(73)74)57-18-16-23-65(50-57)84(3)63-44-36-55(37-45-63)68-27-17-28-71-70-25-12-15-31-77(70)87-81(68)71/h4-52H,1-3H3. The number of fused-ring (bicyclic) bond motifs is 9. The molecule has 0 saturated carbocycles. The Labute approximate surface area is 509 Å². The number of thiophene rings is 1. The molecule has 0 atom stereocenters. The minimum absolute atomic E-state index is 0.877. The summed E-state index contributed by atoms with van der Waals surface area (Å²) in [5, 5.41) is 7.29. The van der Waals surface area contributed by atoms with Gasteiger partial charge in [-0.2, -0.15) is 0 Å². The van der Waals surface area contributed by atoms with Gasteiger partial charge in [-0.05, 0) is 160 Å². The van der Waals surface area contributed by atoms with E-state index in [4.69, 9.17) is 4.42 Å². The lowest BCUT2D eigenvalue weighted by molar-refractivity contribution is 0.670. The molecular weight excluding hydrogens is 1080 g/mol. The number of anilines is 6. The van der Waals surface area contributed by atoms with Crippen LogP contribution in [0.3, 0.4) is 0 Å². The van der Waals surface area contributed by atoms with Crippen molar-refractivity contribution in [2.24, 2.45) is 0 Å². The quantitative estimate of drug-likeness (QED) is 0.122. The molecule has 414 valence electrons. The third kappa shape index (κ3) is 9.00. The van der Waals surface area contributed by atoms with Crippen molar-refractivity contribution in [1.29, 1.82) is 0 Å². The third-order valence-corrected chi connectivity index (χ3v) is 18.9. The molecule has 87 heavy (non-hydrogen) atoms. The van der Waals surface area contributed by atoms with Gasteiger partial charge in [-0.15, -0.1) is 11.3 Å². The monoisotopic (exact) mass is 1130 g/mol. The third-order valence-electron chi connectivity index (χ3n) is 17.7. The number of furan rings is 1. The predicted octanol–water partition coefficient (Wildman–Crippen LogP) is 22.7. The van der Waals surface area contributed by atoms with Crippen LogP contribution in [0.5, 0.6) is 0 Å². The molecule has 0 saturated heterocycles. The molecule has 0 amide bonds. The van der Waals surface area contributed by atoms with E-state index in [1.54, 1.807) is 0 Å². The van der Waals surface area contributed by atoms with Gasteiger partial charge < -0.3 is 23.7 Å². The van der Waals surface area contributed by atoms with Crippen LogP contribution in [0, 0.1) is 0 Å². The van der Waals surface area contributed by atoms with Crippen molar-refractivity contribution in [2.45, 2.75) is 0 Å². The Morgan fingerprint density at radius 2 is 0.805 bits per heavy atom. The Morgan fingerprint density at radius 3 is 1.48 bits per heavy atom. The second-order valence-corrected chi connectivity index (χ2v) is 23.7. The summed E-state index contributed by atoms with van der Waals surface area (Å²) in [5.74, 6) is 0. The SMILES string of the molecule is CN(c1ccc(-c2cc(-c3cccc(N(C)c4ccc(-c5cccc6c5sc5ccccc56)cc4)c3)cc3c2oc2ccccc23)cc1)c1ccc(-c2ccc(-c3ccc(N(C)c4ccccc4)cc3)c3c2c2ccccc2n3-c2ccccc2)cc1. The minimum Gasteiger partial charge on any atom is -0.455 e. The van der Waals surface area contributed by atoms with Crippen molar-refractivity contribution in [2.75, 3.05) is 35.8 Å². The molecule has 16 rings (SSSR count). The number of rotatable bonds is 12.